The lowest BCUT2D eigenvalue weighted by atomic mass is 10.3. The summed E-state index contributed by atoms with van der Waals surface area (Å²) < 4.78 is 33.1. The molecule has 0 aliphatic rings. The highest BCUT2D eigenvalue weighted by Gasteiger charge is 2.29. The predicted molar refractivity (Wildman–Crippen MR) is 89.2 cm³/mol. The zero-order valence-corrected chi connectivity index (χ0v) is 14.9. The molecule has 1 aromatic heterocycles. The number of H-pyrrole nitrogens is 1. The summed E-state index contributed by atoms with van der Waals surface area (Å²) in [6, 6.07) is 6.84. The smallest absolute Gasteiger partial charge is 0.343 e. The predicted octanol–water partition coefficient (Wildman–Crippen LogP) is 2.30. The molecule has 0 atom stereocenters. The lowest BCUT2D eigenvalue weighted by molar-refractivity contribution is 0.0521. The Hall–Kier alpha value is -1.62. The molecule has 22 heavy (non-hydrogen) atoms. The van der Waals surface area contributed by atoms with Crippen LogP contribution in [-0.2, 0) is 14.8 Å². The minimum Gasteiger partial charge on any atom is -0.462 e. The third kappa shape index (κ3) is 3.58. The van der Waals surface area contributed by atoms with E-state index in [0.717, 1.165) is 3.57 Å². The number of rotatable bonds is 5. The summed E-state index contributed by atoms with van der Waals surface area (Å²) in [5.74, 6) is -0.725. The number of carbonyl (C=O) groups excluding carboxylic acids is 1. The van der Waals surface area contributed by atoms with Crippen molar-refractivity contribution in [3.05, 3.63) is 39.1 Å². The number of hydrogen-bond acceptors (Lipinski definition) is 5. The second-order valence-corrected chi connectivity index (χ2v) is 7.21. The van der Waals surface area contributed by atoms with Crippen molar-refractivity contribution in [2.45, 2.75) is 18.9 Å². The van der Waals surface area contributed by atoms with Crippen molar-refractivity contribution in [1.29, 1.82) is 0 Å². The number of aromatic amines is 1. The molecule has 0 fully saturated rings. The molecule has 0 aliphatic carbocycles. The number of aryl methyl sites for hydroxylation is 1. The van der Waals surface area contributed by atoms with Crippen LogP contribution in [0.25, 0.3) is 0 Å². The summed E-state index contributed by atoms with van der Waals surface area (Å²) in [5, 5.41) is 5.87. The van der Waals surface area contributed by atoms with Crippen LogP contribution in [0.4, 0.5) is 5.69 Å². The Bertz CT molecular complexity index is 801. The Labute approximate surface area is 141 Å². The first kappa shape index (κ1) is 16.7. The van der Waals surface area contributed by atoms with Gasteiger partial charge in [-0.15, -0.1) is 0 Å². The molecule has 1 heterocycles. The summed E-state index contributed by atoms with van der Waals surface area (Å²) in [5.41, 5.74) is 0.642. The van der Waals surface area contributed by atoms with Gasteiger partial charge in [0.15, 0.2) is 0 Å². The summed E-state index contributed by atoms with van der Waals surface area (Å²) >= 11 is 2.07. The number of carbonyl (C=O) groups is 1. The Kier molecular flexibility index (Phi) is 5.06. The molecule has 7 nitrogen and oxygen atoms in total. The van der Waals surface area contributed by atoms with Gasteiger partial charge in [-0.2, -0.15) is 13.5 Å². The van der Waals surface area contributed by atoms with Gasteiger partial charge in [-0.05, 0) is 54.6 Å². The molecule has 0 saturated heterocycles. The maximum absolute atomic E-state index is 12.5. The fourth-order valence-electron chi connectivity index (χ4n) is 1.80. The SMILES string of the molecule is CCOC(=O)c1c(S(=O)(=O)Nc2cccc(I)c2)n[nH]c1C. The number of nitrogens with one attached hydrogen (secondary N) is 2. The van der Waals surface area contributed by atoms with Gasteiger partial charge in [-0.1, -0.05) is 6.07 Å². The van der Waals surface area contributed by atoms with Gasteiger partial charge in [0, 0.05) is 15.0 Å². The molecule has 0 aliphatic heterocycles. The van der Waals surface area contributed by atoms with Crippen LogP contribution in [-0.4, -0.2) is 31.2 Å². The molecule has 2 aromatic rings. The lowest BCUT2D eigenvalue weighted by Crippen LogP contribution is -2.18. The van der Waals surface area contributed by atoms with Crippen molar-refractivity contribution in [1.82, 2.24) is 10.2 Å². The Morgan fingerprint density at radius 3 is 2.82 bits per heavy atom. The summed E-state index contributed by atoms with van der Waals surface area (Å²) in [6.45, 7) is 3.35. The number of hydrogen-bond donors (Lipinski definition) is 2. The van der Waals surface area contributed by atoms with E-state index in [1.807, 2.05) is 6.07 Å². The van der Waals surface area contributed by atoms with Crippen LogP contribution in [0.2, 0.25) is 0 Å². The lowest BCUT2D eigenvalue weighted by Gasteiger charge is -2.08. The van der Waals surface area contributed by atoms with Gasteiger partial charge < -0.3 is 4.74 Å². The van der Waals surface area contributed by atoms with Gasteiger partial charge in [-0.25, -0.2) is 4.79 Å². The summed E-state index contributed by atoms with van der Waals surface area (Å²) in [6.07, 6.45) is 0. The fourth-order valence-corrected chi connectivity index (χ4v) is 3.55. The normalized spacial score (nSPS) is 11.2. The van der Waals surface area contributed by atoms with E-state index in [1.54, 1.807) is 32.0 Å². The quantitative estimate of drug-likeness (QED) is 0.555. The largest absolute Gasteiger partial charge is 0.462 e. The van der Waals surface area contributed by atoms with E-state index in [4.69, 9.17) is 4.74 Å². The van der Waals surface area contributed by atoms with Crippen molar-refractivity contribution in [3.63, 3.8) is 0 Å². The van der Waals surface area contributed by atoms with Crippen LogP contribution >= 0.6 is 22.6 Å². The average Bonchev–Trinajstić information content (AvgIpc) is 2.81. The third-order valence-corrected chi connectivity index (χ3v) is 4.70. The van der Waals surface area contributed by atoms with Crippen molar-refractivity contribution >= 4 is 44.3 Å². The highest BCUT2D eigenvalue weighted by Crippen LogP contribution is 2.21. The van der Waals surface area contributed by atoms with E-state index in [-0.39, 0.29) is 17.2 Å². The maximum Gasteiger partial charge on any atom is 0.343 e. The maximum atomic E-state index is 12.5. The summed E-state index contributed by atoms with van der Waals surface area (Å²) in [7, 11) is -4.00. The standard InChI is InChI=1S/C13H14IN3O4S/c1-3-21-13(18)11-8(2)15-16-12(11)22(19,20)17-10-6-4-5-9(14)7-10/h4-7,17H,3H2,1-2H3,(H,15,16). The van der Waals surface area contributed by atoms with Crippen molar-refractivity contribution < 1.29 is 17.9 Å². The minimum absolute atomic E-state index is 0.0834. The molecular weight excluding hydrogens is 421 g/mol. The first-order chi connectivity index (χ1) is 10.3. The second-order valence-electron chi connectivity index (χ2n) is 4.37. The van der Waals surface area contributed by atoms with Crippen LogP contribution in [0.5, 0.6) is 0 Å². The number of halogens is 1. The number of anilines is 1. The fraction of sp³-hybridized carbons (Fsp3) is 0.231. The minimum atomic E-state index is -4.00. The number of ether oxygens (including phenoxy) is 1. The molecular formula is C13H14IN3O4S. The van der Waals surface area contributed by atoms with Crippen molar-refractivity contribution in [3.8, 4) is 0 Å². The van der Waals surface area contributed by atoms with Crippen LogP contribution in [0.1, 0.15) is 23.0 Å². The Morgan fingerprint density at radius 2 is 2.18 bits per heavy atom. The second kappa shape index (κ2) is 6.65. The highest BCUT2D eigenvalue weighted by molar-refractivity contribution is 14.1. The first-order valence-corrected chi connectivity index (χ1v) is 8.92. The van der Waals surface area contributed by atoms with Crippen LogP contribution < -0.4 is 4.72 Å². The van der Waals surface area contributed by atoms with Gasteiger partial charge in [0.2, 0.25) is 5.03 Å². The van der Waals surface area contributed by atoms with E-state index < -0.39 is 16.0 Å². The van der Waals surface area contributed by atoms with Crippen LogP contribution in [0.3, 0.4) is 0 Å². The van der Waals surface area contributed by atoms with E-state index in [1.165, 1.54) is 0 Å². The Balaban J connectivity index is 2.40. The zero-order valence-electron chi connectivity index (χ0n) is 11.9. The topological polar surface area (TPSA) is 101 Å². The molecule has 0 bridgehead atoms. The van der Waals surface area contributed by atoms with Crippen molar-refractivity contribution in [2.75, 3.05) is 11.3 Å². The molecule has 0 saturated carbocycles. The van der Waals surface area contributed by atoms with E-state index in [0.29, 0.717) is 11.4 Å². The van der Waals surface area contributed by atoms with Crippen LogP contribution in [0.15, 0.2) is 29.3 Å². The van der Waals surface area contributed by atoms with E-state index in [2.05, 4.69) is 37.5 Å². The van der Waals surface area contributed by atoms with E-state index in [9.17, 15) is 13.2 Å². The number of esters is 1. The highest BCUT2D eigenvalue weighted by atomic mass is 127. The molecule has 0 spiro atoms. The van der Waals surface area contributed by atoms with E-state index >= 15 is 0 Å². The number of sulfonamides is 1. The van der Waals surface area contributed by atoms with Crippen molar-refractivity contribution in [2.24, 2.45) is 0 Å². The van der Waals surface area contributed by atoms with Gasteiger partial charge >= 0.3 is 5.97 Å². The molecule has 118 valence electrons. The van der Waals surface area contributed by atoms with Gasteiger partial charge in [0.25, 0.3) is 10.0 Å². The monoisotopic (exact) mass is 435 g/mol. The van der Waals surface area contributed by atoms with Gasteiger partial charge in [0.1, 0.15) is 5.56 Å². The Morgan fingerprint density at radius 1 is 1.45 bits per heavy atom. The molecule has 0 radical (unpaired) electrons. The molecule has 1 aromatic carbocycles. The van der Waals surface area contributed by atoms with Gasteiger partial charge in [-0.3, -0.25) is 9.82 Å². The molecule has 0 unspecified atom stereocenters. The molecule has 0 amide bonds. The van der Waals surface area contributed by atoms with Crippen LogP contribution in [0, 0.1) is 10.5 Å². The molecule has 2 N–H and O–H groups in total. The molecule has 9 heteroatoms. The number of aromatic nitrogens is 2. The number of benzene rings is 1. The first-order valence-electron chi connectivity index (χ1n) is 6.35. The molecule has 2 rings (SSSR count). The average molecular weight is 435 g/mol. The third-order valence-electron chi connectivity index (χ3n) is 2.72. The number of nitrogens with zero attached hydrogens (tertiary/aromatic N) is 1. The zero-order chi connectivity index (χ0) is 16.3. The summed E-state index contributed by atoms with van der Waals surface area (Å²) in [4.78, 5) is 11.9. The van der Waals surface area contributed by atoms with Gasteiger partial charge in [0.05, 0.1) is 6.61 Å².